The minimum atomic E-state index is -3.14. The van der Waals surface area contributed by atoms with Crippen LogP contribution in [-0.4, -0.2) is 52.6 Å². The highest BCUT2D eigenvalue weighted by Gasteiger charge is 2.35. The van der Waals surface area contributed by atoms with E-state index in [1.807, 2.05) is 18.2 Å². The molecule has 9 heteroatoms. The molecule has 0 saturated carbocycles. The molecular weight excluding hydrogens is 416 g/mol. The number of halogens is 1. The Hall–Kier alpha value is -2.45. The molecule has 1 unspecified atom stereocenters. The molecule has 1 aliphatic rings. The van der Waals surface area contributed by atoms with Gasteiger partial charge in [-0.1, -0.05) is 29.8 Å². The molecule has 0 radical (unpaired) electrons. The minimum Gasteiger partial charge on any atom is -0.493 e. The first kappa shape index (κ1) is 21.3. The molecular formula is C20H23ClN2O5S. The van der Waals surface area contributed by atoms with Crippen LogP contribution in [0.15, 0.2) is 42.5 Å². The maximum absolute atomic E-state index is 13.1. The van der Waals surface area contributed by atoms with Crippen molar-refractivity contribution in [1.29, 1.82) is 0 Å². The van der Waals surface area contributed by atoms with Crippen molar-refractivity contribution in [2.24, 2.45) is 0 Å². The first-order valence-corrected chi connectivity index (χ1v) is 11.3. The number of rotatable bonds is 7. The van der Waals surface area contributed by atoms with Crippen LogP contribution in [0.1, 0.15) is 6.42 Å². The molecule has 0 spiro atoms. The zero-order chi connectivity index (χ0) is 21.0. The second-order valence-corrected chi connectivity index (χ2v) is 9.33. The fourth-order valence-electron chi connectivity index (χ4n) is 3.37. The molecule has 0 bridgehead atoms. The quantitative estimate of drug-likeness (QED) is 0.715. The van der Waals surface area contributed by atoms with Crippen LogP contribution in [0.2, 0.25) is 5.02 Å². The van der Waals surface area contributed by atoms with Crippen LogP contribution in [-0.2, 0) is 14.6 Å². The van der Waals surface area contributed by atoms with Gasteiger partial charge in [0.1, 0.15) is 0 Å². The van der Waals surface area contributed by atoms with Gasteiger partial charge in [0.15, 0.2) is 21.3 Å². The lowest BCUT2D eigenvalue weighted by molar-refractivity contribution is -0.117. The predicted molar refractivity (Wildman–Crippen MR) is 114 cm³/mol. The minimum absolute atomic E-state index is 0.0370. The molecule has 3 rings (SSSR count). The van der Waals surface area contributed by atoms with Gasteiger partial charge in [0.25, 0.3) is 0 Å². The molecule has 7 nitrogen and oxygen atoms in total. The number of benzene rings is 2. The topological polar surface area (TPSA) is 84.9 Å². The molecule has 1 atom stereocenters. The molecule has 2 aromatic rings. The number of nitrogens with one attached hydrogen (secondary N) is 1. The van der Waals surface area contributed by atoms with Gasteiger partial charge in [0.05, 0.1) is 49.0 Å². The number of sulfone groups is 1. The lowest BCUT2D eigenvalue weighted by Gasteiger charge is -2.29. The standard InChI is InChI=1S/C20H23ClN2O5S/c1-27-18-10-16(21)17(11-19(18)28-2)22-12-20(24)23(14-6-4-3-5-7-14)15-8-9-29(25,26)13-15/h3-7,10-11,15,22H,8-9,12-13H2,1-2H3. The van der Waals surface area contributed by atoms with Crippen molar-refractivity contribution in [2.75, 3.05) is 42.5 Å². The molecule has 1 aliphatic heterocycles. The molecule has 1 amide bonds. The monoisotopic (exact) mass is 438 g/mol. The Balaban J connectivity index is 1.81. The molecule has 0 aliphatic carbocycles. The highest BCUT2D eigenvalue weighted by Crippen LogP contribution is 2.36. The van der Waals surface area contributed by atoms with Crippen LogP contribution in [0.5, 0.6) is 11.5 Å². The first-order valence-electron chi connectivity index (χ1n) is 9.07. The summed E-state index contributed by atoms with van der Waals surface area (Å²) >= 11 is 6.28. The fourth-order valence-corrected chi connectivity index (χ4v) is 5.29. The molecule has 29 heavy (non-hydrogen) atoms. The first-order chi connectivity index (χ1) is 13.8. The number of hydrogen-bond donors (Lipinski definition) is 1. The number of amides is 1. The van der Waals surface area contributed by atoms with Crippen molar-refractivity contribution in [3.8, 4) is 11.5 Å². The molecule has 2 aromatic carbocycles. The van der Waals surface area contributed by atoms with E-state index >= 15 is 0 Å². The van der Waals surface area contributed by atoms with Crippen molar-refractivity contribution >= 4 is 38.7 Å². The summed E-state index contributed by atoms with van der Waals surface area (Å²) in [7, 11) is -0.114. The van der Waals surface area contributed by atoms with Crippen LogP contribution in [0.3, 0.4) is 0 Å². The molecule has 156 valence electrons. The lowest BCUT2D eigenvalue weighted by atomic mass is 10.1. The normalized spacial score (nSPS) is 17.6. The van der Waals surface area contributed by atoms with Gasteiger partial charge in [0.2, 0.25) is 5.91 Å². The zero-order valence-corrected chi connectivity index (χ0v) is 17.8. The molecule has 1 fully saturated rings. The summed E-state index contributed by atoms with van der Waals surface area (Å²) in [5.74, 6) is 0.766. The Morgan fingerprint density at radius 3 is 2.41 bits per heavy atom. The van der Waals surface area contributed by atoms with Gasteiger partial charge in [-0.3, -0.25) is 4.79 Å². The van der Waals surface area contributed by atoms with Crippen LogP contribution in [0.4, 0.5) is 11.4 Å². The van der Waals surface area contributed by atoms with E-state index < -0.39 is 15.9 Å². The number of ether oxygens (including phenoxy) is 2. The van der Waals surface area contributed by atoms with Crippen LogP contribution in [0, 0.1) is 0 Å². The molecule has 0 aromatic heterocycles. The average Bonchev–Trinajstić information content (AvgIpc) is 3.06. The Morgan fingerprint density at radius 2 is 1.83 bits per heavy atom. The number of hydrogen-bond acceptors (Lipinski definition) is 6. The number of carbonyl (C=O) groups is 1. The van der Waals surface area contributed by atoms with Crippen molar-refractivity contribution in [1.82, 2.24) is 0 Å². The smallest absolute Gasteiger partial charge is 0.246 e. The average molecular weight is 439 g/mol. The van der Waals surface area contributed by atoms with E-state index in [1.165, 1.54) is 14.2 Å². The summed E-state index contributed by atoms with van der Waals surface area (Å²) in [4.78, 5) is 14.6. The predicted octanol–water partition coefficient (Wildman–Crippen LogP) is 2.99. The summed E-state index contributed by atoms with van der Waals surface area (Å²) in [5, 5.41) is 3.40. The number of methoxy groups -OCH3 is 2. The SMILES string of the molecule is COc1cc(Cl)c(NCC(=O)N(c2ccccc2)C2CCS(=O)(=O)C2)cc1OC. The van der Waals surface area contributed by atoms with Gasteiger partial charge < -0.3 is 19.7 Å². The Bertz CT molecular complexity index is 982. The van der Waals surface area contributed by atoms with Crippen molar-refractivity contribution in [3.05, 3.63) is 47.5 Å². The van der Waals surface area contributed by atoms with Crippen LogP contribution >= 0.6 is 11.6 Å². The summed E-state index contributed by atoms with van der Waals surface area (Å²) in [6.07, 6.45) is 0.417. The molecule has 1 N–H and O–H groups in total. The second kappa shape index (κ2) is 8.92. The van der Waals surface area contributed by atoms with Gasteiger partial charge >= 0.3 is 0 Å². The van der Waals surface area contributed by atoms with E-state index in [2.05, 4.69) is 5.32 Å². The third-order valence-electron chi connectivity index (χ3n) is 4.78. The summed E-state index contributed by atoms with van der Waals surface area (Å²) in [6.45, 7) is -0.0549. The van der Waals surface area contributed by atoms with Gasteiger partial charge in [0, 0.05) is 17.8 Å². The third kappa shape index (κ3) is 4.94. The van der Waals surface area contributed by atoms with Crippen molar-refractivity contribution in [2.45, 2.75) is 12.5 Å². The second-order valence-electron chi connectivity index (χ2n) is 6.70. The maximum Gasteiger partial charge on any atom is 0.246 e. The Labute approximate surface area is 175 Å². The summed E-state index contributed by atoms with van der Waals surface area (Å²) in [5.41, 5.74) is 1.18. The lowest BCUT2D eigenvalue weighted by Crippen LogP contribution is -2.44. The largest absolute Gasteiger partial charge is 0.493 e. The number of para-hydroxylation sites is 1. The number of anilines is 2. The van der Waals surface area contributed by atoms with Gasteiger partial charge in [-0.2, -0.15) is 0 Å². The molecule has 1 heterocycles. The summed E-state index contributed by atoms with van der Waals surface area (Å²) in [6, 6.07) is 11.9. The highest BCUT2D eigenvalue weighted by atomic mass is 35.5. The fraction of sp³-hybridized carbons (Fsp3) is 0.350. The molecule has 1 saturated heterocycles. The van der Waals surface area contributed by atoms with Crippen LogP contribution in [0.25, 0.3) is 0 Å². The van der Waals surface area contributed by atoms with Gasteiger partial charge in [-0.05, 0) is 18.6 Å². The zero-order valence-electron chi connectivity index (χ0n) is 16.2. The van der Waals surface area contributed by atoms with Crippen molar-refractivity contribution in [3.63, 3.8) is 0 Å². The van der Waals surface area contributed by atoms with Crippen molar-refractivity contribution < 1.29 is 22.7 Å². The number of carbonyl (C=O) groups excluding carboxylic acids is 1. The Kier molecular flexibility index (Phi) is 6.54. The van der Waals surface area contributed by atoms with E-state index in [0.29, 0.717) is 34.3 Å². The number of nitrogens with zero attached hydrogens (tertiary/aromatic N) is 1. The van der Waals surface area contributed by atoms with E-state index in [4.69, 9.17) is 21.1 Å². The van der Waals surface area contributed by atoms with Crippen LogP contribution < -0.4 is 19.7 Å². The van der Waals surface area contributed by atoms with E-state index in [-0.39, 0.29) is 24.0 Å². The van der Waals surface area contributed by atoms with E-state index in [1.54, 1.807) is 29.2 Å². The van der Waals surface area contributed by atoms with E-state index in [0.717, 1.165) is 0 Å². The van der Waals surface area contributed by atoms with E-state index in [9.17, 15) is 13.2 Å². The van der Waals surface area contributed by atoms with Gasteiger partial charge in [-0.15, -0.1) is 0 Å². The third-order valence-corrected chi connectivity index (χ3v) is 6.84. The maximum atomic E-state index is 13.1. The highest BCUT2D eigenvalue weighted by molar-refractivity contribution is 7.91. The Morgan fingerprint density at radius 1 is 1.17 bits per heavy atom. The summed E-state index contributed by atoms with van der Waals surface area (Å²) < 4.78 is 34.4. The van der Waals surface area contributed by atoms with Gasteiger partial charge in [-0.25, -0.2) is 8.42 Å².